The standard InChI is InChI=1S/C17H16N4O3S/c1-11-7-19-15(8-18-11)16(22)24-9-13-10-25-17(21-13)20-12-3-5-14(23-2)6-4-12/h3-8,10H,9H2,1-2H3,(H,20,21). The van der Waals surface area contributed by atoms with Crippen LogP contribution in [-0.2, 0) is 11.3 Å². The highest BCUT2D eigenvalue weighted by molar-refractivity contribution is 7.13. The van der Waals surface area contributed by atoms with Crippen molar-refractivity contribution in [3.8, 4) is 5.75 Å². The van der Waals surface area contributed by atoms with Gasteiger partial charge in [-0.15, -0.1) is 11.3 Å². The zero-order chi connectivity index (χ0) is 17.6. The third-order valence-corrected chi connectivity index (χ3v) is 4.04. The molecule has 1 N–H and O–H groups in total. The van der Waals surface area contributed by atoms with Gasteiger partial charge in [-0.3, -0.25) is 4.98 Å². The summed E-state index contributed by atoms with van der Waals surface area (Å²) < 4.78 is 10.3. The molecule has 0 saturated carbocycles. The number of rotatable bonds is 6. The lowest BCUT2D eigenvalue weighted by atomic mass is 10.3. The SMILES string of the molecule is COc1ccc(Nc2nc(COC(=O)c3cnc(C)cn3)cs2)cc1. The molecule has 0 bridgehead atoms. The highest BCUT2D eigenvalue weighted by Crippen LogP contribution is 2.23. The lowest BCUT2D eigenvalue weighted by Crippen LogP contribution is -2.08. The molecule has 128 valence electrons. The quantitative estimate of drug-likeness (QED) is 0.678. The van der Waals surface area contributed by atoms with Crippen molar-refractivity contribution in [2.24, 2.45) is 0 Å². The predicted octanol–water partition coefficient (Wildman–Crippen LogP) is 3.35. The Balaban J connectivity index is 1.56. The van der Waals surface area contributed by atoms with Gasteiger partial charge in [-0.05, 0) is 31.2 Å². The van der Waals surface area contributed by atoms with Crippen molar-refractivity contribution in [2.45, 2.75) is 13.5 Å². The van der Waals surface area contributed by atoms with Crippen LogP contribution in [-0.4, -0.2) is 28.0 Å². The number of nitrogens with zero attached hydrogens (tertiary/aromatic N) is 3. The molecule has 0 aliphatic rings. The van der Waals surface area contributed by atoms with E-state index in [1.165, 1.54) is 23.7 Å². The molecule has 0 radical (unpaired) electrons. The molecule has 0 unspecified atom stereocenters. The van der Waals surface area contributed by atoms with Gasteiger partial charge in [0, 0.05) is 17.3 Å². The number of esters is 1. The molecule has 0 saturated heterocycles. The highest BCUT2D eigenvalue weighted by atomic mass is 32.1. The third kappa shape index (κ3) is 4.51. The van der Waals surface area contributed by atoms with Crippen LogP contribution < -0.4 is 10.1 Å². The van der Waals surface area contributed by atoms with E-state index in [1.54, 1.807) is 14.0 Å². The van der Waals surface area contributed by atoms with E-state index >= 15 is 0 Å². The minimum absolute atomic E-state index is 0.0786. The Hall–Kier alpha value is -3.00. The van der Waals surface area contributed by atoms with Gasteiger partial charge in [0.25, 0.3) is 0 Å². The molecule has 3 aromatic rings. The number of carbonyl (C=O) groups excluding carboxylic acids is 1. The molecule has 3 rings (SSSR count). The van der Waals surface area contributed by atoms with E-state index < -0.39 is 5.97 Å². The number of hydrogen-bond donors (Lipinski definition) is 1. The zero-order valence-corrected chi connectivity index (χ0v) is 14.5. The fourth-order valence-electron chi connectivity index (χ4n) is 1.94. The fraction of sp³-hybridized carbons (Fsp3) is 0.176. The van der Waals surface area contributed by atoms with Crippen LogP contribution in [0.4, 0.5) is 10.8 Å². The second-order valence-corrected chi connectivity index (χ2v) is 5.97. The summed E-state index contributed by atoms with van der Waals surface area (Å²) in [6.07, 6.45) is 2.92. The monoisotopic (exact) mass is 356 g/mol. The number of nitrogens with one attached hydrogen (secondary N) is 1. The zero-order valence-electron chi connectivity index (χ0n) is 13.7. The van der Waals surface area contributed by atoms with E-state index in [9.17, 15) is 4.79 Å². The maximum absolute atomic E-state index is 11.9. The van der Waals surface area contributed by atoms with Gasteiger partial charge < -0.3 is 14.8 Å². The normalized spacial score (nSPS) is 10.3. The molecule has 1 aromatic carbocycles. The number of aryl methyl sites for hydroxylation is 1. The minimum Gasteiger partial charge on any atom is -0.497 e. The Kier molecular flexibility index (Phi) is 5.20. The first-order chi connectivity index (χ1) is 12.1. The number of aromatic nitrogens is 3. The van der Waals surface area contributed by atoms with E-state index in [1.807, 2.05) is 29.6 Å². The first kappa shape index (κ1) is 16.8. The number of hydrogen-bond acceptors (Lipinski definition) is 8. The number of ether oxygens (including phenoxy) is 2. The van der Waals surface area contributed by atoms with E-state index in [4.69, 9.17) is 9.47 Å². The number of benzene rings is 1. The molecule has 0 aliphatic heterocycles. The molecule has 0 fully saturated rings. The van der Waals surface area contributed by atoms with Gasteiger partial charge in [0.2, 0.25) is 0 Å². The van der Waals surface area contributed by atoms with E-state index in [0.29, 0.717) is 10.8 Å². The Morgan fingerprint density at radius 3 is 2.68 bits per heavy atom. The summed E-state index contributed by atoms with van der Waals surface area (Å²) in [4.78, 5) is 24.3. The molecule has 0 atom stereocenters. The number of anilines is 2. The van der Waals surface area contributed by atoms with Crippen LogP contribution in [0.2, 0.25) is 0 Å². The van der Waals surface area contributed by atoms with Gasteiger partial charge in [-0.25, -0.2) is 14.8 Å². The Labute approximate surface area is 148 Å². The van der Waals surface area contributed by atoms with Crippen LogP contribution in [0, 0.1) is 6.92 Å². The fourth-order valence-corrected chi connectivity index (χ4v) is 2.66. The average Bonchev–Trinajstić information content (AvgIpc) is 3.08. The third-order valence-electron chi connectivity index (χ3n) is 3.23. The Morgan fingerprint density at radius 2 is 2.00 bits per heavy atom. The summed E-state index contributed by atoms with van der Waals surface area (Å²) in [5, 5.41) is 5.74. The van der Waals surface area contributed by atoms with Gasteiger partial charge in [-0.2, -0.15) is 0 Å². The first-order valence-corrected chi connectivity index (χ1v) is 8.33. The molecule has 7 nitrogen and oxygen atoms in total. The summed E-state index contributed by atoms with van der Waals surface area (Å²) in [5.41, 5.74) is 2.48. The Bertz CT molecular complexity index is 847. The van der Waals surface area contributed by atoms with Crippen molar-refractivity contribution in [3.63, 3.8) is 0 Å². The maximum Gasteiger partial charge on any atom is 0.358 e. The molecule has 8 heteroatoms. The van der Waals surface area contributed by atoms with E-state index in [2.05, 4.69) is 20.3 Å². The highest BCUT2D eigenvalue weighted by Gasteiger charge is 2.11. The molecule has 0 spiro atoms. The second-order valence-electron chi connectivity index (χ2n) is 5.12. The largest absolute Gasteiger partial charge is 0.497 e. The van der Waals surface area contributed by atoms with Crippen LogP contribution in [0.3, 0.4) is 0 Å². The number of carbonyl (C=O) groups is 1. The first-order valence-electron chi connectivity index (χ1n) is 7.45. The molecule has 0 aliphatic carbocycles. The Morgan fingerprint density at radius 1 is 1.20 bits per heavy atom. The van der Waals surface area contributed by atoms with Crippen LogP contribution in [0.15, 0.2) is 42.0 Å². The number of thiazole rings is 1. The predicted molar refractivity (Wildman–Crippen MR) is 94.3 cm³/mol. The summed E-state index contributed by atoms with van der Waals surface area (Å²) in [5.74, 6) is 0.265. The van der Waals surface area contributed by atoms with Crippen LogP contribution in [0.25, 0.3) is 0 Å². The smallest absolute Gasteiger partial charge is 0.358 e. The second kappa shape index (κ2) is 7.71. The van der Waals surface area contributed by atoms with Crippen molar-refractivity contribution in [2.75, 3.05) is 12.4 Å². The van der Waals surface area contributed by atoms with Crippen molar-refractivity contribution in [3.05, 3.63) is 59.1 Å². The van der Waals surface area contributed by atoms with Crippen molar-refractivity contribution < 1.29 is 14.3 Å². The van der Waals surface area contributed by atoms with Crippen LogP contribution >= 0.6 is 11.3 Å². The molecule has 2 aromatic heterocycles. The maximum atomic E-state index is 11.9. The minimum atomic E-state index is -0.523. The van der Waals surface area contributed by atoms with E-state index in [0.717, 1.165) is 17.1 Å². The molecular weight excluding hydrogens is 340 g/mol. The summed E-state index contributed by atoms with van der Waals surface area (Å²) in [6, 6.07) is 7.52. The van der Waals surface area contributed by atoms with Gasteiger partial charge in [0.15, 0.2) is 10.8 Å². The van der Waals surface area contributed by atoms with Crippen molar-refractivity contribution in [1.29, 1.82) is 0 Å². The van der Waals surface area contributed by atoms with E-state index in [-0.39, 0.29) is 12.3 Å². The molecule has 2 heterocycles. The molecule has 0 amide bonds. The number of methoxy groups -OCH3 is 1. The molecular formula is C17H16N4O3S. The lowest BCUT2D eigenvalue weighted by Gasteiger charge is -2.04. The van der Waals surface area contributed by atoms with Gasteiger partial charge in [-0.1, -0.05) is 0 Å². The summed E-state index contributed by atoms with van der Waals surface area (Å²) in [7, 11) is 1.62. The van der Waals surface area contributed by atoms with Gasteiger partial charge in [0.1, 0.15) is 12.4 Å². The lowest BCUT2D eigenvalue weighted by molar-refractivity contribution is 0.0461. The van der Waals surface area contributed by atoms with Gasteiger partial charge >= 0.3 is 5.97 Å². The summed E-state index contributed by atoms with van der Waals surface area (Å²) >= 11 is 1.43. The van der Waals surface area contributed by atoms with Crippen LogP contribution in [0.5, 0.6) is 5.75 Å². The van der Waals surface area contributed by atoms with Crippen molar-refractivity contribution >= 4 is 28.1 Å². The summed E-state index contributed by atoms with van der Waals surface area (Å²) in [6.45, 7) is 1.88. The van der Waals surface area contributed by atoms with Crippen molar-refractivity contribution in [1.82, 2.24) is 15.0 Å². The average molecular weight is 356 g/mol. The van der Waals surface area contributed by atoms with Crippen LogP contribution in [0.1, 0.15) is 21.9 Å². The van der Waals surface area contributed by atoms with Gasteiger partial charge in [0.05, 0.1) is 24.7 Å². The molecule has 25 heavy (non-hydrogen) atoms. The topological polar surface area (TPSA) is 86.2 Å².